The highest BCUT2D eigenvalue weighted by Gasteiger charge is 2.50. The summed E-state index contributed by atoms with van der Waals surface area (Å²) in [5.41, 5.74) is -3.88. The van der Waals surface area contributed by atoms with Crippen molar-refractivity contribution >= 4 is 5.78 Å². The summed E-state index contributed by atoms with van der Waals surface area (Å²) in [5.74, 6) is -1.68. The molecule has 0 aliphatic heterocycles. The predicted octanol–water partition coefficient (Wildman–Crippen LogP) is 6.27. The molecule has 0 unspecified atom stereocenters. The van der Waals surface area contributed by atoms with E-state index < -0.39 is 53.1 Å². The summed E-state index contributed by atoms with van der Waals surface area (Å²) in [5, 5.41) is 10.2. The number of rotatable bonds is 5. The van der Waals surface area contributed by atoms with Crippen LogP contribution in [-0.4, -0.2) is 23.2 Å². The minimum Gasteiger partial charge on any atom is -0.511 e. The number of carbonyl (C=O) groups excluding carboxylic acids is 1. The van der Waals surface area contributed by atoms with Crippen LogP contribution in [0.15, 0.2) is 11.3 Å². The molecule has 25 heavy (non-hydrogen) atoms. The third-order valence-electron chi connectivity index (χ3n) is 4.95. The van der Waals surface area contributed by atoms with E-state index in [1.165, 1.54) is 0 Å². The molecule has 1 rings (SSSR count). The summed E-state index contributed by atoms with van der Waals surface area (Å²) >= 11 is 0. The van der Waals surface area contributed by atoms with Gasteiger partial charge in [0.05, 0.1) is 12.8 Å². The lowest BCUT2D eigenvalue weighted by Gasteiger charge is -2.35. The van der Waals surface area contributed by atoms with Crippen LogP contribution in [0.5, 0.6) is 0 Å². The van der Waals surface area contributed by atoms with Gasteiger partial charge in [-0.2, -0.15) is 26.3 Å². The normalized spacial score (nSPS) is 20.2. The molecule has 1 saturated carbocycles. The zero-order valence-corrected chi connectivity index (χ0v) is 14.6. The Kier molecular flexibility index (Phi) is 6.28. The van der Waals surface area contributed by atoms with Crippen molar-refractivity contribution in [1.29, 1.82) is 0 Å². The number of alkyl halides is 6. The first-order chi connectivity index (χ1) is 11.1. The summed E-state index contributed by atoms with van der Waals surface area (Å²) < 4.78 is 76.8. The van der Waals surface area contributed by atoms with Crippen molar-refractivity contribution in [2.24, 2.45) is 10.8 Å². The van der Waals surface area contributed by atoms with E-state index in [9.17, 15) is 36.2 Å². The maximum absolute atomic E-state index is 12.8. The Labute approximate surface area is 143 Å². The molecule has 0 aromatic rings. The fraction of sp³-hybridized carbons (Fsp3) is 0.824. The largest absolute Gasteiger partial charge is 0.511 e. The molecule has 0 atom stereocenters. The quantitative estimate of drug-likeness (QED) is 0.350. The highest BCUT2D eigenvalue weighted by atomic mass is 19.4. The lowest BCUT2D eigenvalue weighted by Crippen LogP contribution is -2.36. The van der Waals surface area contributed by atoms with Gasteiger partial charge >= 0.3 is 12.4 Å². The Bertz CT molecular complexity index is 508. The highest BCUT2D eigenvalue weighted by molar-refractivity contribution is 5.99. The molecule has 0 saturated heterocycles. The number of aliphatic hydroxyl groups is 1. The molecule has 8 heteroatoms. The molecule has 0 spiro atoms. The Morgan fingerprint density at radius 3 is 1.72 bits per heavy atom. The molecule has 146 valence electrons. The SMILES string of the molecule is C/C(C(=O)C1(C)CCCCC1)=C(/O)C(C)(CC(F)(F)F)CC(F)(F)F. The van der Waals surface area contributed by atoms with Crippen LogP contribution in [0, 0.1) is 10.8 Å². The van der Waals surface area contributed by atoms with Crippen molar-refractivity contribution in [3.05, 3.63) is 11.3 Å². The van der Waals surface area contributed by atoms with Gasteiger partial charge < -0.3 is 5.11 Å². The smallest absolute Gasteiger partial charge is 0.390 e. The van der Waals surface area contributed by atoms with Gasteiger partial charge in [0.25, 0.3) is 0 Å². The van der Waals surface area contributed by atoms with Gasteiger partial charge in [0.2, 0.25) is 0 Å². The molecule has 0 bridgehead atoms. The monoisotopic (exact) mass is 374 g/mol. The number of hydrogen-bond acceptors (Lipinski definition) is 2. The standard InChI is InChI=1S/C17H24F6O2/c1-11(12(24)14(2)7-5-4-6-8-14)13(25)15(3,9-16(18,19)20)10-17(21,22)23/h25H,4-10H2,1-3H3/b13-11-. The molecule has 1 aliphatic rings. The second kappa shape index (κ2) is 7.19. The lowest BCUT2D eigenvalue weighted by atomic mass is 9.69. The van der Waals surface area contributed by atoms with Gasteiger partial charge in [-0.15, -0.1) is 0 Å². The minimum atomic E-state index is -4.91. The first-order valence-corrected chi connectivity index (χ1v) is 8.18. The van der Waals surface area contributed by atoms with Gasteiger partial charge in [0, 0.05) is 16.4 Å². The summed E-state index contributed by atoms with van der Waals surface area (Å²) in [7, 11) is 0. The van der Waals surface area contributed by atoms with Crippen LogP contribution in [-0.2, 0) is 4.79 Å². The Morgan fingerprint density at radius 2 is 1.36 bits per heavy atom. The average molecular weight is 374 g/mol. The summed E-state index contributed by atoms with van der Waals surface area (Å²) in [6.07, 6.45) is -10.1. The van der Waals surface area contributed by atoms with Crippen molar-refractivity contribution in [1.82, 2.24) is 0 Å². The fourth-order valence-electron chi connectivity index (χ4n) is 3.69. The summed E-state index contributed by atoms with van der Waals surface area (Å²) in [6.45, 7) is 3.46. The molecule has 0 amide bonds. The molecule has 1 fully saturated rings. The van der Waals surface area contributed by atoms with E-state index in [1.54, 1.807) is 6.92 Å². The van der Waals surface area contributed by atoms with Crippen LogP contribution >= 0.6 is 0 Å². The molecule has 0 aromatic heterocycles. The van der Waals surface area contributed by atoms with Gasteiger partial charge in [-0.1, -0.05) is 33.1 Å². The topological polar surface area (TPSA) is 37.3 Å². The first-order valence-electron chi connectivity index (χ1n) is 8.18. The van der Waals surface area contributed by atoms with Crippen molar-refractivity contribution in [3.8, 4) is 0 Å². The number of allylic oxidation sites excluding steroid dienone is 2. The van der Waals surface area contributed by atoms with Crippen molar-refractivity contribution in [2.75, 3.05) is 0 Å². The Hall–Kier alpha value is -1.21. The van der Waals surface area contributed by atoms with Crippen molar-refractivity contribution < 1.29 is 36.2 Å². The third-order valence-corrected chi connectivity index (χ3v) is 4.95. The maximum Gasteiger partial charge on any atom is 0.390 e. The Balaban J connectivity index is 3.26. The summed E-state index contributed by atoms with van der Waals surface area (Å²) in [6, 6.07) is 0. The molecule has 1 N–H and O–H groups in total. The number of ketones is 1. The van der Waals surface area contributed by atoms with Gasteiger partial charge in [-0.3, -0.25) is 4.79 Å². The Morgan fingerprint density at radius 1 is 0.960 bits per heavy atom. The van der Waals surface area contributed by atoms with E-state index in [0.29, 0.717) is 19.8 Å². The predicted molar refractivity (Wildman–Crippen MR) is 81.0 cm³/mol. The summed E-state index contributed by atoms with van der Waals surface area (Å²) in [4.78, 5) is 12.7. The molecule has 0 aromatic carbocycles. The zero-order valence-electron chi connectivity index (χ0n) is 14.6. The van der Waals surface area contributed by atoms with E-state index in [0.717, 1.165) is 26.2 Å². The molecule has 2 nitrogen and oxygen atoms in total. The van der Waals surface area contributed by atoms with Crippen LogP contribution in [0.4, 0.5) is 26.3 Å². The molecular weight excluding hydrogens is 350 g/mol. The van der Waals surface area contributed by atoms with Crippen LogP contribution < -0.4 is 0 Å². The molecular formula is C17H24F6O2. The van der Waals surface area contributed by atoms with Crippen molar-refractivity contribution in [2.45, 2.75) is 78.1 Å². The van der Waals surface area contributed by atoms with Gasteiger partial charge in [0.1, 0.15) is 5.76 Å². The van der Waals surface area contributed by atoms with E-state index in [4.69, 9.17) is 0 Å². The number of hydrogen-bond donors (Lipinski definition) is 1. The number of carbonyl (C=O) groups is 1. The third kappa shape index (κ3) is 5.92. The van der Waals surface area contributed by atoms with Crippen LogP contribution in [0.2, 0.25) is 0 Å². The van der Waals surface area contributed by atoms with E-state index in [2.05, 4.69) is 0 Å². The maximum atomic E-state index is 12.8. The number of Topliss-reactive ketones (excluding diaryl/α,β-unsaturated/α-hetero) is 1. The second-order valence-electron chi connectivity index (χ2n) is 7.57. The van der Waals surface area contributed by atoms with Gasteiger partial charge in [-0.25, -0.2) is 0 Å². The average Bonchev–Trinajstić information content (AvgIpc) is 2.41. The molecule has 1 aliphatic carbocycles. The van der Waals surface area contributed by atoms with Gasteiger partial charge in [0.15, 0.2) is 5.78 Å². The zero-order chi connectivity index (χ0) is 19.7. The van der Waals surface area contributed by atoms with Gasteiger partial charge in [-0.05, 0) is 19.8 Å². The van der Waals surface area contributed by atoms with E-state index in [1.807, 2.05) is 0 Å². The lowest BCUT2D eigenvalue weighted by molar-refractivity contribution is -0.190. The van der Waals surface area contributed by atoms with E-state index >= 15 is 0 Å². The number of aliphatic hydroxyl groups excluding tert-OH is 1. The minimum absolute atomic E-state index is 0.402. The van der Waals surface area contributed by atoms with Crippen molar-refractivity contribution in [3.63, 3.8) is 0 Å². The first kappa shape index (κ1) is 21.8. The number of halogens is 6. The van der Waals surface area contributed by atoms with Crippen LogP contribution in [0.25, 0.3) is 0 Å². The van der Waals surface area contributed by atoms with Crippen LogP contribution in [0.3, 0.4) is 0 Å². The fourth-order valence-corrected chi connectivity index (χ4v) is 3.69. The second-order valence-corrected chi connectivity index (χ2v) is 7.57. The molecule has 0 heterocycles. The van der Waals surface area contributed by atoms with E-state index in [-0.39, 0.29) is 0 Å². The van der Waals surface area contributed by atoms with Crippen LogP contribution in [0.1, 0.15) is 65.7 Å². The highest BCUT2D eigenvalue weighted by Crippen LogP contribution is 2.47. The molecule has 0 radical (unpaired) electrons.